The van der Waals surface area contributed by atoms with Crippen LogP contribution in [-0.4, -0.2) is 66.3 Å². The molecule has 0 amide bonds. The lowest BCUT2D eigenvalue weighted by Gasteiger charge is -2.33. The fraction of sp³-hybridized carbons (Fsp3) is 0.696. The molecule has 5 rings (SSSR count). The lowest BCUT2D eigenvalue weighted by atomic mass is 9.92. The molecule has 3 aliphatic carbocycles. The quantitative estimate of drug-likeness (QED) is 0.596. The lowest BCUT2D eigenvalue weighted by molar-refractivity contribution is -0.0495. The number of ether oxygens (including phenoxy) is 2. The van der Waals surface area contributed by atoms with Crippen LogP contribution in [0, 0.1) is 23.2 Å². The van der Waals surface area contributed by atoms with Gasteiger partial charge in [-0.3, -0.25) is 9.89 Å². The van der Waals surface area contributed by atoms with Crippen molar-refractivity contribution < 1.29 is 18.3 Å². The van der Waals surface area contributed by atoms with E-state index >= 15 is 0 Å². The molecule has 1 aliphatic heterocycles. The van der Waals surface area contributed by atoms with E-state index in [2.05, 4.69) is 14.6 Å². The topological polar surface area (TPSA) is 96.8 Å². The highest BCUT2D eigenvalue weighted by Gasteiger charge is 2.58. The second-order valence-corrected chi connectivity index (χ2v) is 9.47. The van der Waals surface area contributed by atoms with Crippen LogP contribution in [0.1, 0.15) is 44.1 Å². The van der Waals surface area contributed by atoms with Crippen molar-refractivity contribution in [3.05, 3.63) is 17.8 Å². The van der Waals surface area contributed by atoms with Crippen molar-refractivity contribution in [2.24, 2.45) is 22.7 Å². The molecular weight excluding hydrogens is 416 g/mol. The Morgan fingerprint density at radius 1 is 1.28 bits per heavy atom. The van der Waals surface area contributed by atoms with Gasteiger partial charge in [-0.2, -0.15) is 8.78 Å². The molecule has 4 aliphatic rings. The molecule has 2 heterocycles. The summed E-state index contributed by atoms with van der Waals surface area (Å²) in [6.45, 7) is 0.719. The van der Waals surface area contributed by atoms with Crippen molar-refractivity contribution in [1.29, 1.82) is 5.41 Å². The summed E-state index contributed by atoms with van der Waals surface area (Å²) in [6.07, 6.45) is 7.72. The molecule has 1 aromatic heterocycles. The molecule has 32 heavy (non-hydrogen) atoms. The predicted octanol–water partition coefficient (Wildman–Crippen LogP) is 3.37. The number of nitrogens with two attached hydrogens (primary N) is 1. The van der Waals surface area contributed by atoms with Gasteiger partial charge in [0.25, 0.3) is 0 Å². The lowest BCUT2D eigenvalue weighted by Crippen LogP contribution is -2.43. The van der Waals surface area contributed by atoms with Gasteiger partial charge in [0.1, 0.15) is 0 Å². The van der Waals surface area contributed by atoms with Crippen LogP contribution >= 0.6 is 0 Å². The summed E-state index contributed by atoms with van der Waals surface area (Å²) in [6, 6.07) is 2.40. The first-order valence-electron chi connectivity index (χ1n) is 11.7. The Morgan fingerprint density at radius 2 is 2.00 bits per heavy atom. The third kappa shape index (κ3) is 4.50. The molecule has 174 valence electrons. The van der Waals surface area contributed by atoms with Crippen molar-refractivity contribution in [2.45, 2.75) is 57.2 Å². The largest absolute Gasteiger partial charge is 0.431 e. The maximum atomic E-state index is 12.7. The minimum absolute atomic E-state index is 0.101. The van der Waals surface area contributed by atoms with Gasteiger partial charge in [-0.15, -0.1) is 0 Å². The summed E-state index contributed by atoms with van der Waals surface area (Å²) < 4.78 is 35.3. The van der Waals surface area contributed by atoms with Crippen LogP contribution in [0.25, 0.3) is 0 Å². The number of nitrogens with zero attached hydrogens (tertiary/aromatic N) is 3. The number of rotatable bonds is 8. The van der Waals surface area contributed by atoms with Crippen molar-refractivity contribution in [3.8, 4) is 5.75 Å². The number of pyridine rings is 1. The van der Waals surface area contributed by atoms with E-state index in [0.29, 0.717) is 47.5 Å². The molecule has 4 fully saturated rings. The molecule has 3 saturated carbocycles. The first-order valence-corrected chi connectivity index (χ1v) is 11.7. The van der Waals surface area contributed by atoms with E-state index in [1.165, 1.54) is 31.5 Å². The molecule has 1 saturated heterocycles. The smallest absolute Gasteiger partial charge is 0.387 e. The van der Waals surface area contributed by atoms with Gasteiger partial charge < -0.3 is 20.6 Å². The maximum absolute atomic E-state index is 12.7. The summed E-state index contributed by atoms with van der Waals surface area (Å²) in [4.78, 5) is 11.6. The molecule has 2 unspecified atom stereocenters. The number of halogens is 2. The van der Waals surface area contributed by atoms with Crippen molar-refractivity contribution in [2.75, 3.05) is 32.0 Å². The average Bonchev–Trinajstić information content (AvgIpc) is 3.23. The van der Waals surface area contributed by atoms with E-state index < -0.39 is 6.61 Å². The van der Waals surface area contributed by atoms with E-state index in [1.807, 2.05) is 0 Å². The molecule has 9 heteroatoms. The van der Waals surface area contributed by atoms with Crippen LogP contribution in [-0.2, 0) is 4.74 Å². The Hall–Kier alpha value is -2.13. The van der Waals surface area contributed by atoms with E-state index in [0.717, 1.165) is 44.9 Å². The van der Waals surface area contributed by atoms with Gasteiger partial charge in [0.15, 0.2) is 11.6 Å². The van der Waals surface area contributed by atoms with Gasteiger partial charge in [0, 0.05) is 60.7 Å². The number of anilines is 1. The van der Waals surface area contributed by atoms with Gasteiger partial charge in [-0.25, -0.2) is 4.98 Å². The third-order valence-corrected chi connectivity index (χ3v) is 7.59. The van der Waals surface area contributed by atoms with Crippen molar-refractivity contribution in [3.63, 3.8) is 0 Å². The zero-order chi connectivity index (χ0) is 22.2. The van der Waals surface area contributed by atoms with Crippen LogP contribution in [0.3, 0.4) is 0 Å². The van der Waals surface area contributed by atoms with Gasteiger partial charge in [0.2, 0.25) is 0 Å². The number of alkyl halides is 2. The maximum Gasteiger partial charge on any atom is 0.387 e. The van der Waals surface area contributed by atoms with Crippen LogP contribution in [0.15, 0.2) is 17.3 Å². The van der Waals surface area contributed by atoms with Gasteiger partial charge >= 0.3 is 6.61 Å². The summed E-state index contributed by atoms with van der Waals surface area (Å²) in [5.74, 6) is 1.47. The van der Waals surface area contributed by atoms with Crippen LogP contribution in [0.4, 0.5) is 14.6 Å². The molecule has 0 bridgehead atoms. The number of hydrogen-bond donors (Lipinski definition) is 2. The number of fused-ring (bicyclic) bond motifs is 1. The number of morpholine rings is 1. The van der Waals surface area contributed by atoms with E-state index in [-0.39, 0.29) is 11.6 Å². The average molecular weight is 448 g/mol. The fourth-order valence-corrected chi connectivity index (χ4v) is 5.64. The van der Waals surface area contributed by atoms with Crippen molar-refractivity contribution >= 4 is 17.2 Å². The highest BCUT2D eigenvalue weighted by Crippen LogP contribution is 2.59. The minimum Gasteiger partial charge on any atom is -0.431 e. The molecule has 7 nitrogen and oxygen atoms in total. The number of aliphatic imine (C=N–C) groups is 1. The highest BCUT2D eigenvalue weighted by molar-refractivity contribution is 6.12. The Balaban J connectivity index is 1.26. The Morgan fingerprint density at radius 3 is 2.62 bits per heavy atom. The minimum atomic E-state index is -2.98. The predicted molar refractivity (Wildman–Crippen MR) is 118 cm³/mol. The van der Waals surface area contributed by atoms with Crippen molar-refractivity contribution in [1.82, 2.24) is 9.88 Å². The number of nitrogens with one attached hydrogen (secondary N) is 1. The summed E-state index contributed by atoms with van der Waals surface area (Å²) in [5, 5.41) is 8.63. The molecule has 1 aromatic rings. The zero-order valence-electron chi connectivity index (χ0n) is 18.2. The summed E-state index contributed by atoms with van der Waals surface area (Å²) in [7, 11) is 0. The SMILES string of the molecule is N=C(CC(=NC1CCC1)C1C2CC(N3CCOCC3)CC21)c1cnc(N)c(OC(F)F)c1. The molecule has 0 aromatic carbocycles. The standard InChI is InChI=1S/C23H31F2N5O2/c24-23(25)32-20-8-13(12-28-22(20)27)18(26)11-19(29-14-2-1-3-14)21-16-9-15(10-17(16)21)30-4-6-31-7-5-30/h8,12,14-17,21,23,26H,1-7,9-11H2,(H2,27,28). The highest BCUT2D eigenvalue weighted by atomic mass is 19.3. The van der Waals surface area contributed by atoms with E-state index in [4.69, 9.17) is 20.9 Å². The summed E-state index contributed by atoms with van der Waals surface area (Å²) >= 11 is 0. The number of aromatic nitrogens is 1. The first kappa shape index (κ1) is 21.7. The number of hydrogen-bond acceptors (Lipinski definition) is 7. The first-order chi connectivity index (χ1) is 15.5. The van der Waals surface area contributed by atoms with Crippen LogP contribution in [0.5, 0.6) is 5.75 Å². The van der Waals surface area contributed by atoms with Crippen LogP contribution in [0.2, 0.25) is 0 Å². The Bertz CT molecular complexity index is 873. The normalized spacial score (nSPS) is 30.8. The molecule has 2 atom stereocenters. The summed E-state index contributed by atoms with van der Waals surface area (Å²) in [5.41, 5.74) is 7.54. The third-order valence-electron chi connectivity index (χ3n) is 7.59. The fourth-order valence-electron chi connectivity index (χ4n) is 5.64. The second-order valence-electron chi connectivity index (χ2n) is 9.47. The Kier molecular flexibility index (Phi) is 6.11. The van der Waals surface area contributed by atoms with E-state index in [1.54, 1.807) is 0 Å². The van der Waals surface area contributed by atoms with Crippen LogP contribution < -0.4 is 10.5 Å². The van der Waals surface area contributed by atoms with Gasteiger partial charge in [-0.1, -0.05) is 0 Å². The van der Waals surface area contributed by atoms with Gasteiger partial charge in [-0.05, 0) is 50.0 Å². The number of nitrogen functional groups attached to an aromatic ring is 1. The molecule has 0 radical (unpaired) electrons. The Labute approximate surface area is 186 Å². The molecular formula is C23H31F2N5O2. The second kappa shape index (κ2) is 9.02. The monoisotopic (exact) mass is 447 g/mol. The van der Waals surface area contributed by atoms with E-state index in [9.17, 15) is 8.78 Å². The zero-order valence-corrected chi connectivity index (χ0v) is 18.2. The molecule has 0 spiro atoms. The molecule has 3 N–H and O–H groups in total. The van der Waals surface area contributed by atoms with Gasteiger partial charge in [0.05, 0.1) is 13.2 Å².